The maximum Gasteiger partial charge on any atom is 0.224 e. The average Bonchev–Trinajstić information content (AvgIpc) is 3.38. The van der Waals surface area contributed by atoms with Gasteiger partial charge in [-0.25, -0.2) is 4.68 Å². The SMILES string of the molecule is Cc1ccc(-n2nc3c(N4CC[C@H](C(=O)NCCCN(C)C)C4)nnc(C)c3c2C)cc1. The van der Waals surface area contributed by atoms with E-state index in [4.69, 9.17) is 5.10 Å². The van der Waals surface area contributed by atoms with Crippen LogP contribution in [-0.4, -0.2) is 71.1 Å². The number of fused-ring (bicyclic) bond motifs is 1. The molecule has 3 aromatic rings. The Morgan fingerprint density at radius 1 is 1.16 bits per heavy atom. The molecule has 0 spiro atoms. The molecular weight excluding hydrogens is 402 g/mol. The standard InChI is InChI=1S/C24H33N7O/c1-16-7-9-20(10-8-16)31-18(3)21-17(2)26-27-23(22(21)28-31)30-14-11-19(15-30)24(32)25-12-6-13-29(4)5/h7-10,19H,6,11-15H2,1-5H3,(H,25,32)/t19-/m0/s1. The lowest BCUT2D eigenvalue weighted by molar-refractivity contribution is -0.124. The second-order valence-electron chi connectivity index (χ2n) is 9.04. The minimum absolute atomic E-state index is 0.0345. The van der Waals surface area contributed by atoms with Gasteiger partial charge in [0, 0.05) is 19.6 Å². The number of carbonyl (C=O) groups is 1. The minimum atomic E-state index is -0.0345. The summed E-state index contributed by atoms with van der Waals surface area (Å²) in [6.45, 7) is 9.22. The van der Waals surface area contributed by atoms with Crippen LogP contribution in [0.25, 0.3) is 16.6 Å². The summed E-state index contributed by atoms with van der Waals surface area (Å²) in [7, 11) is 4.09. The van der Waals surface area contributed by atoms with Crippen molar-refractivity contribution in [1.29, 1.82) is 0 Å². The van der Waals surface area contributed by atoms with Crippen LogP contribution in [0.1, 0.15) is 29.8 Å². The zero-order valence-electron chi connectivity index (χ0n) is 19.7. The van der Waals surface area contributed by atoms with Gasteiger partial charge < -0.3 is 15.1 Å². The highest BCUT2D eigenvalue weighted by Crippen LogP contribution is 2.32. The van der Waals surface area contributed by atoms with Crippen LogP contribution in [0, 0.1) is 26.7 Å². The van der Waals surface area contributed by atoms with E-state index in [1.807, 2.05) is 25.7 Å². The van der Waals surface area contributed by atoms with Crippen molar-refractivity contribution < 1.29 is 4.79 Å². The molecule has 0 radical (unpaired) electrons. The van der Waals surface area contributed by atoms with Gasteiger partial charge in [-0.3, -0.25) is 4.79 Å². The third-order valence-corrected chi connectivity index (χ3v) is 6.20. The van der Waals surface area contributed by atoms with E-state index < -0.39 is 0 Å². The number of hydrogen-bond acceptors (Lipinski definition) is 6. The summed E-state index contributed by atoms with van der Waals surface area (Å²) in [6, 6.07) is 8.34. The second-order valence-corrected chi connectivity index (χ2v) is 9.04. The highest BCUT2D eigenvalue weighted by molar-refractivity contribution is 5.93. The molecule has 8 heteroatoms. The Morgan fingerprint density at radius 2 is 1.91 bits per heavy atom. The first-order valence-electron chi connectivity index (χ1n) is 11.3. The van der Waals surface area contributed by atoms with Gasteiger partial charge in [-0.1, -0.05) is 17.7 Å². The Kier molecular flexibility index (Phi) is 6.41. The van der Waals surface area contributed by atoms with Gasteiger partial charge in [0.05, 0.1) is 28.4 Å². The quantitative estimate of drug-likeness (QED) is 0.575. The number of benzene rings is 1. The Labute approximate surface area is 189 Å². The Hall–Kier alpha value is -3.00. The lowest BCUT2D eigenvalue weighted by Gasteiger charge is -2.17. The van der Waals surface area contributed by atoms with Gasteiger partial charge in [0.2, 0.25) is 5.91 Å². The molecule has 170 valence electrons. The largest absolute Gasteiger partial charge is 0.356 e. The molecule has 1 aliphatic rings. The smallest absolute Gasteiger partial charge is 0.224 e. The molecular formula is C24H33N7O. The van der Waals surface area contributed by atoms with Gasteiger partial charge in [-0.05, 0) is 66.4 Å². The van der Waals surface area contributed by atoms with Crippen LogP contribution in [0.3, 0.4) is 0 Å². The van der Waals surface area contributed by atoms with Crippen LogP contribution in [0.15, 0.2) is 24.3 Å². The molecule has 8 nitrogen and oxygen atoms in total. The van der Waals surface area contributed by atoms with E-state index in [-0.39, 0.29) is 11.8 Å². The van der Waals surface area contributed by atoms with Gasteiger partial charge in [-0.2, -0.15) is 10.2 Å². The van der Waals surface area contributed by atoms with E-state index in [2.05, 4.69) is 63.4 Å². The van der Waals surface area contributed by atoms with Crippen LogP contribution in [-0.2, 0) is 4.79 Å². The second kappa shape index (κ2) is 9.24. The van der Waals surface area contributed by atoms with Crippen LogP contribution >= 0.6 is 0 Å². The van der Waals surface area contributed by atoms with Crippen LogP contribution < -0.4 is 10.2 Å². The zero-order chi connectivity index (χ0) is 22.8. The van der Waals surface area contributed by atoms with E-state index in [0.29, 0.717) is 13.1 Å². The molecule has 3 heterocycles. The molecule has 2 aromatic heterocycles. The molecule has 0 bridgehead atoms. The molecule has 32 heavy (non-hydrogen) atoms. The number of carbonyl (C=O) groups excluding carboxylic acids is 1. The minimum Gasteiger partial charge on any atom is -0.356 e. The number of aromatic nitrogens is 4. The van der Waals surface area contributed by atoms with Crippen molar-refractivity contribution in [3.8, 4) is 5.69 Å². The molecule has 1 aliphatic heterocycles. The van der Waals surface area contributed by atoms with E-state index in [1.54, 1.807) is 0 Å². The molecule has 0 aliphatic carbocycles. The summed E-state index contributed by atoms with van der Waals surface area (Å²) in [4.78, 5) is 16.9. The fourth-order valence-corrected chi connectivity index (χ4v) is 4.38. The maximum atomic E-state index is 12.6. The van der Waals surface area contributed by atoms with Gasteiger partial charge in [-0.15, -0.1) is 5.10 Å². The van der Waals surface area contributed by atoms with Crippen LogP contribution in [0.2, 0.25) is 0 Å². The zero-order valence-corrected chi connectivity index (χ0v) is 19.7. The van der Waals surface area contributed by atoms with E-state index in [0.717, 1.165) is 59.7 Å². The predicted octanol–water partition coefficient (Wildman–Crippen LogP) is 2.63. The Balaban J connectivity index is 1.55. The summed E-state index contributed by atoms with van der Waals surface area (Å²) in [6.07, 6.45) is 1.77. The van der Waals surface area contributed by atoms with Crippen molar-refractivity contribution in [3.63, 3.8) is 0 Å². The van der Waals surface area contributed by atoms with Gasteiger partial charge in [0.15, 0.2) is 5.82 Å². The van der Waals surface area contributed by atoms with Crippen molar-refractivity contribution in [1.82, 2.24) is 30.2 Å². The monoisotopic (exact) mass is 435 g/mol. The van der Waals surface area contributed by atoms with E-state index >= 15 is 0 Å². The lowest BCUT2D eigenvalue weighted by atomic mass is 10.1. The summed E-state index contributed by atoms with van der Waals surface area (Å²) in [5, 5.41) is 18.0. The number of anilines is 1. The first kappa shape index (κ1) is 22.2. The topological polar surface area (TPSA) is 79.2 Å². The fourth-order valence-electron chi connectivity index (χ4n) is 4.38. The predicted molar refractivity (Wildman–Crippen MR) is 127 cm³/mol. The molecule has 1 N–H and O–H groups in total. The first-order chi connectivity index (χ1) is 15.3. The van der Waals surface area contributed by atoms with Crippen molar-refractivity contribution in [3.05, 3.63) is 41.2 Å². The number of rotatable bonds is 7. The average molecular weight is 436 g/mol. The molecule has 0 saturated carbocycles. The third kappa shape index (κ3) is 4.46. The maximum absolute atomic E-state index is 12.6. The molecule has 0 unspecified atom stereocenters. The van der Waals surface area contributed by atoms with Gasteiger partial charge >= 0.3 is 0 Å². The highest BCUT2D eigenvalue weighted by Gasteiger charge is 2.31. The van der Waals surface area contributed by atoms with Crippen molar-refractivity contribution in [2.75, 3.05) is 45.2 Å². The fraction of sp³-hybridized carbons (Fsp3) is 0.500. The summed E-state index contributed by atoms with van der Waals surface area (Å²) >= 11 is 0. The van der Waals surface area contributed by atoms with Crippen molar-refractivity contribution in [2.24, 2.45) is 5.92 Å². The highest BCUT2D eigenvalue weighted by atomic mass is 16.1. The van der Waals surface area contributed by atoms with E-state index in [1.165, 1.54) is 5.56 Å². The normalized spacial score (nSPS) is 16.3. The molecule has 1 fully saturated rings. The van der Waals surface area contributed by atoms with Crippen LogP contribution in [0.4, 0.5) is 5.82 Å². The number of hydrogen-bond donors (Lipinski definition) is 1. The summed E-state index contributed by atoms with van der Waals surface area (Å²) in [5.74, 6) is 0.860. The lowest BCUT2D eigenvalue weighted by Crippen LogP contribution is -2.34. The Morgan fingerprint density at radius 3 is 2.62 bits per heavy atom. The van der Waals surface area contributed by atoms with E-state index in [9.17, 15) is 4.79 Å². The number of nitrogens with zero attached hydrogens (tertiary/aromatic N) is 6. The third-order valence-electron chi connectivity index (χ3n) is 6.20. The molecule has 1 atom stereocenters. The molecule has 1 amide bonds. The number of aryl methyl sites for hydroxylation is 3. The van der Waals surface area contributed by atoms with Crippen molar-refractivity contribution >= 4 is 22.6 Å². The van der Waals surface area contributed by atoms with Gasteiger partial charge in [0.25, 0.3) is 0 Å². The summed E-state index contributed by atoms with van der Waals surface area (Å²) < 4.78 is 1.97. The summed E-state index contributed by atoms with van der Waals surface area (Å²) in [5.41, 5.74) is 5.00. The van der Waals surface area contributed by atoms with Crippen molar-refractivity contribution in [2.45, 2.75) is 33.6 Å². The molecule has 4 rings (SSSR count). The van der Waals surface area contributed by atoms with Gasteiger partial charge in [0.1, 0.15) is 5.52 Å². The molecule has 1 aromatic carbocycles. The van der Waals surface area contributed by atoms with Crippen LogP contribution in [0.5, 0.6) is 0 Å². The molecule has 1 saturated heterocycles. The Bertz CT molecular complexity index is 1100. The number of amides is 1. The first-order valence-corrected chi connectivity index (χ1v) is 11.3. The number of nitrogens with one attached hydrogen (secondary N) is 1.